The van der Waals surface area contributed by atoms with Gasteiger partial charge in [0.05, 0.1) is 17.8 Å². The third-order valence-electron chi connectivity index (χ3n) is 7.16. The van der Waals surface area contributed by atoms with Crippen molar-refractivity contribution in [2.75, 3.05) is 18.0 Å². The van der Waals surface area contributed by atoms with Crippen LogP contribution in [0.5, 0.6) is 0 Å². The van der Waals surface area contributed by atoms with Crippen LogP contribution in [0.4, 0.5) is 5.69 Å². The minimum Gasteiger partial charge on any atom is -0.352 e. The van der Waals surface area contributed by atoms with Gasteiger partial charge in [0.15, 0.2) is 0 Å². The molecule has 1 saturated heterocycles. The number of carbonyl (C=O) groups excluding carboxylic acids is 3. The molecule has 3 amide bonds. The Morgan fingerprint density at radius 3 is 2.62 bits per heavy atom. The molecule has 1 unspecified atom stereocenters. The largest absolute Gasteiger partial charge is 0.352 e. The summed E-state index contributed by atoms with van der Waals surface area (Å²) in [4.78, 5) is 42.5. The number of nitrogens with one attached hydrogen (secondary N) is 1. The number of anilines is 1. The first-order chi connectivity index (χ1) is 16.6. The summed E-state index contributed by atoms with van der Waals surface area (Å²) in [6.45, 7) is 1.64. The average molecular weight is 458 g/mol. The number of nitrogens with zero attached hydrogens (tertiary/aromatic N) is 2. The van der Waals surface area contributed by atoms with E-state index in [4.69, 9.17) is 0 Å². The fourth-order valence-electron chi connectivity index (χ4n) is 5.29. The second kappa shape index (κ2) is 9.84. The lowest BCUT2D eigenvalue weighted by Gasteiger charge is -2.26. The number of hydrogen-bond donors (Lipinski definition) is 1. The van der Waals surface area contributed by atoms with E-state index in [0.29, 0.717) is 42.9 Å². The Morgan fingerprint density at radius 1 is 1.00 bits per heavy atom. The van der Waals surface area contributed by atoms with Gasteiger partial charge in [0.25, 0.3) is 11.8 Å². The van der Waals surface area contributed by atoms with Gasteiger partial charge in [-0.25, -0.2) is 0 Å². The summed E-state index contributed by atoms with van der Waals surface area (Å²) in [7, 11) is 0. The highest BCUT2D eigenvalue weighted by Crippen LogP contribution is 2.33. The Balaban J connectivity index is 1.28. The number of hydrogen-bond acceptors (Lipinski definition) is 3. The van der Waals surface area contributed by atoms with Crippen LogP contribution in [0.3, 0.4) is 0 Å². The van der Waals surface area contributed by atoms with Gasteiger partial charge in [-0.3, -0.25) is 14.4 Å². The van der Waals surface area contributed by atoms with Crippen LogP contribution in [0.25, 0.3) is 0 Å². The molecule has 1 atom stereocenters. The van der Waals surface area contributed by atoms with Crippen molar-refractivity contribution in [2.45, 2.75) is 57.5 Å². The van der Waals surface area contributed by atoms with E-state index >= 15 is 0 Å². The number of rotatable bonds is 6. The normalized spacial score (nSPS) is 19.9. The summed E-state index contributed by atoms with van der Waals surface area (Å²) in [5, 5.41) is 3.02. The predicted octanol–water partition coefficient (Wildman–Crippen LogP) is 4.46. The molecule has 0 aromatic heterocycles. The standard InChI is InChI=1S/C28H31N3O3/c32-26(29-17-16-20-7-2-1-3-8-20)22-14-12-21(13-15-22)19-31-24-10-5-4-9-23(24)27(33)30-18-6-11-25(30)28(31)34/h4-5,7,9-10,12-15,25H,1-3,6,8,11,16-19H2,(H,29,32). The Morgan fingerprint density at radius 2 is 1.82 bits per heavy atom. The lowest BCUT2D eigenvalue weighted by molar-refractivity contribution is -0.122. The molecule has 0 spiro atoms. The van der Waals surface area contributed by atoms with Gasteiger partial charge >= 0.3 is 0 Å². The minimum absolute atomic E-state index is 0.0327. The highest BCUT2D eigenvalue weighted by atomic mass is 16.2. The molecule has 0 bridgehead atoms. The third-order valence-corrected chi connectivity index (χ3v) is 7.16. The summed E-state index contributed by atoms with van der Waals surface area (Å²) in [6, 6.07) is 14.4. The third kappa shape index (κ3) is 4.49. The van der Waals surface area contributed by atoms with E-state index in [1.54, 1.807) is 15.9 Å². The first-order valence-corrected chi connectivity index (χ1v) is 12.4. The number of para-hydroxylation sites is 1. The summed E-state index contributed by atoms with van der Waals surface area (Å²) in [6.07, 6.45) is 9.59. The van der Waals surface area contributed by atoms with Crippen molar-refractivity contribution in [1.29, 1.82) is 0 Å². The van der Waals surface area contributed by atoms with Gasteiger partial charge in [-0.1, -0.05) is 35.9 Å². The molecule has 1 N–H and O–H groups in total. The van der Waals surface area contributed by atoms with E-state index in [1.807, 2.05) is 42.5 Å². The number of carbonyl (C=O) groups is 3. The number of benzene rings is 2. The monoisotopic (exact) mass is 457 g/mol. The van der Waals surface area contributed by atoms with E-state index in [2.05, 4.69) is 11.4 Å². The summed E-state index contributed by atoms with van der Waals surface area (Å²) in [5.41, 5.74) is 4.21. The second-order valence-electron chi connectivity index (χ2n) is 9.41. The Bertz CT molecular complexity index is 1120. The predicted molar refractivity (Wildman–Crippen MR) is 132 cm³/mol. The molecule has 1 aliphatic carbocycles. The van der Waals surface area contributed by atoms with Gasteiger partial charge in [-0.05, 0) is 74.8 Å². The van der Waals surface area contributed by atoms with Crippen LogP contribution in [-0.4, -0.2) is 41.8 Å². The van der Waals surface area contributed by atoms with E-state index in [1.165, 1.54) is 18.4 Å². The van der Waals surface area contributed by atoms with Crippen molar-refractivity contribution >= 4 is 23.4 Å². The fourth-order valence-corrected chi connectivity index (χ4v) is 5.29. The number of amides is 3. The van der Waals surface area contributed by atoms with Crippen LogP contribution in [-0.2, 0) is 11.3 Å². The smallest absolute Gasteiger partial charge is 0.256 e. The molecule has 2 aromatic carbocycles. The van der Waals surface area contributed by atoms with E-state index in [9.17, 15) is 14.4 Å². The first kappa shape index (κ1) is 22.4. The van der Waals surface area contributed by atoms with Crippen LogP contribution in [0, 0.1) is 0 Å². The molecule has 176 valence electrons. The Hall–Kier alpha value is -3.41. The van der Waals surface area contributed by atoms with Gasteiger partial charge in [-0.2, -0.15) is 0 Å². The van der Waals surface area contributed by atoms with Crippen molar-refractivity contribution in [3.05, 3.63) is 76.9 Å². The first-order valence-electron chi connectivity index (χ1n) is 12.4. The van der Waals surface area contributed by atoms with Gasteiger partial charge in [0.2, 0.25) is 5.91 Å². The molecule has 2 heterocycles. The van der Waals surface area contributed by atoms with Gasteiger partial charge < -0.3 is 15.1 Å². The van der Waals surface area contributed by atoms with Gasteiger partial charge in [0.1, 0.15) is 6.04 Å². The van der Waals surface area contributed by atoms with Crippen LogP contribution < -0.4 is 10.2 Å². The molecule has 3 aliphatic rings. The van der Waals surface area contributed by atoms with Crippen LogP contribution in [0.1, 0.15) is 71.2 Å². The highest BCUT2D eigenvalue weighted by molar-refractivity contribution is 6.11. The SMILES string of the molecule is O=C(NCCC1=CCCCC1)c1ccc(CN2C(=O)C3CCCN3C(=O)c3ccccc32)cc1. The van der Waals surface area contributed by atoms with Crippen LogP contribution in [0.2, 0.25) is 0 Å². The molecule has 5 rings (SSSR count). The number of fused-ring (bicyclic) bond motifs is 2. The molecule has 1 fully saturated rings. The van der Waals surface area contributed by atoms with Crippen molar-refractivity contribution < 1.29 is 14.4 Å². The lowest BCUT2D eigenvalue weighted by atomic mass is 9.97. The van der Waals surface area contributed by atoms with E-state index in [-0.39, 0.29) is 17.7 Å². The van der Waals surface area contributed by atoms with Crippen molar-refractivity contribution in [3.63, 3.8) is 0 Å². The topological polar surface area (TPSA) is 69.7 Å². The minimum atomic E-state index is -0.399. The molecule has 6 nitrogen and oxygen atoms in total. The van der Waals surface area contributed by atoms with E-state index < -0.39 is 6.04 Å². The summed E-state index contributed by atoms with van der Waals surface area (Å²) < 4.78 is 0. The fraction of sp³-hybridized carbons (Fsp3) is 0.393. The molecule has 0 radical (unpaired) electrons. The molecule has 34 heavy (non-hydrogen) atoms. The molecule has 2 aromatic rings. The lowest BCUT2D eigenvalue weighted by Crippen LogP contribution is -2.44. The van der Waals surface area contributed by atoms with Crippen LogP contribution >= 0.6 is 0 Å². The van der Waals surface area contributed by atoms with Crippen molar-refractivity contribution in [3.8, 4) is 0 Å². The molecule has 6 heteroatoms. The maximum atomic E-state index is 13.4. The molecule has 2 aliphatic heterocycles. The second-order valence-corrected chi connectivity index (χ2v) is 9.41. The maximum absolute atomic E-state index is 13.4. The average Bonchev–Trinajstić information content (AvgIpc) is 3.35. The molecule has 0 saturated carbocycles. The van der Waals surface area contributed by atoms with Crippen molar-refractivity contribution in [2.24, 2.45) is 0 Å². The zero-order chi connectivity index (χ0) is 23.5. The highest BCUT2D eigenvalue weighted by Gasteiger charge is 2.41. The summed E-state index contributed by atoms with van der Waals surface area (Å²) in [5.74, 6) is -0.175. The molecular weight excluding hydrogens is 426 g/mol. The van der Waals surface area contributed by atoms with Gasteiger partial charge in [-0.15, -0.1) is 0 Å². The summed E-state index contributed by atoms with van der Waals surface area (Å²) >= 11 is 0. The maximum Gasteiger partial charge on any atom is 0.256 e. The zero-order valence-electron chi connectivity index (χ0n) is 19.5. The zero-order valence-corrected chi connectivity index (χ0v) is 19.5. The Kier molecular flexibility index (Phi) is 6.48. The quantitative estimate of drug-likeness (QED) is 0.651. The van der Waals surface area contributed by atoms with Crippen molar-refractivity contribution in [1.82, 2.24) is 10.2 Å². The number of allylic oxidation sites excluding steroid dienone is 1. The van der Waals surface area contributed by atoms with Crippen LogP contribution in [0.15, 0.2) is 60.2 Å². The molecular formula is C28H31N3O3. The Labute approximate surface area is 200 Å². The van der Waals surface area contributed by atoms with E-state index in [0.717, 1.165) is 31.2 Å². The van der Waals surface area contributed by atoms with Gasteiger partial charge in [0, 0.05) is 18.7 Å².